The van der Waals surface area contributed by atoms with Crippen LogP contribution >= 0.6 is 11.6 Å². The van der Waals surface area contributed by atoms with Gasteiger partial charge in [0.15, 0.2) is 0 Å². The van der Waals surface area contributed by atoms with Gasteiger partial charge in [0, 0.05) is 38.1 Å². The van der Waals surface area contributed by atoms with Crippen LogP contribution in [0.2, 0.25) is 5.02 Å². The molecule has 4 rings (SSSR count). The van der Waals surface area contributed by atoms with Gasteiger partial charge in [0.05, 0.1) is 16.8 Å². The van der Waals surface area contributed by atoms with Gasteiger partial charge in [-0.2, -0.15) is 0 Å². The van der Waals surface area contributed by atoms with Crippen LogP contribution in [0.3, 0.4) is 0 Å². The van der Waals surface area contributed by atoms with Gasteiger partial charge < -0.3 is 15.0 Å². The summed E-state index contributed by atoms with van der Waals surface area (Å²) in [6.45, 7) is 9.62. The van der Waals surface area contributed by atoms with Gasteiger partial charge in [-0.05, 0) is 68.9 Å². The van der Waals surface area contributed by atoms with Gasteiger partial charge in [-0.25, -0.2) is 4.98 Å². The van der Waals surface area contributed by atoms with Gasteiger partial charge in [0.2, 0.25) is 0 Å². The molecule has 176 valence electrons. The van der Waals surface area contributed by atoms with E-state index in [4.69, 9.17) is 16.3 Å². The number of halogens is 1. The Kier molecular flexibility index (Phi) is 7.56. The van der Waals surface area contributed by atoms with Crippen molar-refractivity contribution in [3.63, 3.8) is 0 Å². The molecule has 1 N–H and O–H groups in total. The highest BCUT2D eigenvalue weighted by Crippen LogP contribution is 2.24. The molecule has 0 spiro atoms. The van der Waals surface area contributed by atoms with E-state index < -0.39 is 0 Å². The Hall–Kier alpha value is -2.57. The summed E-state index contributed by atoms with van der Waals surface area (Å²) in [6, 6.07) is 12.1. The second-order valence-electron chi connectivity index (χ2n) is 9.00. The van der Waals surface area contributed by atoms with E-state index in [9.17, 15) is 4.79 Å². The summed E-state index contributed by atoms with van der Waals surface area (Å²) in [5.41, 5.74) is 4.35. The van der Waals surface area contributed by atoms with Crippen LogP contribution in [-0.4, -0.2) is 41.1 Å². The van der Waals surface area contributed by atoms with Crippen molar-refractivity contribution in [1.82, 2.24) is 14.7 Å². The van der Waals surface area contributed by atoms with Crippen LogP contribution in [0.25, 0.3) is 5.65 Å². The molecule has 1 saturated heterocycles. The highest BCUT2D eigenvalue weighted by molar-refractivity contribution is 6.30. The van der Waals surface area contributed by atoms with Gasteiger partial charge in [-0.15, -0.1) is 0 Å². The summed E-state index contributed by atoms with van der Waals surface area (Å²) < 4.78 is 7.56. The lowest BCUT2D eigenvalue weighted by atomic mass is 9.97. The predicted molar refractivity (Wildman–Crippen MR) is 133 cm³/mol. The van der Waals surface area contributed by atoms with E-state index in [0.717, 1.165) is 49.4 Å². The lowest BCUT2D eigenvalue weighted by Crippen LogP contribution is -2.35. The number of carbonyl (C=O) groups is 1. The Morgan fingerprint density at radius 1 is 1.18 bits per heavy atom. The van der Waals surface area contributed by atoms with Gasteiger partial charge in [-0.1, -0.05) is 30.7 Å². The van der Waals surface area contributed by atoms with Crippen molar-refractivity contribution in [3.8, 4) is 0 Å². The highest BCUT2D eigenvalue weighted by atomic mass is 35.5. The molecule has 1 amide bonds. The molecule has 3 aromatic rings. The number of hydrogen-bond acceptors (Lipinski definition) is 4. The van der Waals surface area contributed by atoms with E-state index in [0.29, 0.717) is 35.7 Å². The maximum atomic E-state index is 13.0. The number of amides is 1. The Morgan fingerprint density at radius 2 is 1.91 bits per heavy atom. The zero-order valence-corrected chi connectivity index (χ0v) is 20.4. The first-order valence-corrected chi connectivity index (χ1v) is 12.2. The zero-order chi connectivity index (χ0) is 23.4. The molecule has 0 aliphatic carbocycles. The first-order chi connectivity index (χ1) is 15.9. The molecule has 0 saturated carbocycles. The molecule has 0 bridgehead atoms. The highest BCUT2D eigenvalue weighted by Gasteiger charge is 2.21. The minimum Gasteiger partial charge on any atom is -0.379 e. The fourth-order valence-electron chi connectivity index (χ4n) is 4.33. The lowest BCUT2D eigenvalue weighted by molar-refractivity contribution is 0.0449. The first-order valence-electron chi connectivity index (χ1n) is 11.8. The zero-order valence-electron chi connectivity index (χ0n) is 19.7. The molecule has 6 nitrogen and oxygen atoms in total. The van der Waals surface area contributed by atoms with E-state index >= 15 is 0 Å². The van der Waals surface area contributed by atoms with Crippen molar-refractivity contribution in [1.29, 1.82) is 0 Å². The molecular weight excluding hydrogens is 436 g/mol. The number of carbonyl (C=O) groups excluding carboxylic acids is 1. The minimum atomic E-state index is -0.142. The quantitative estimate of drug-likeness (QED) is 0.498. The van der Waals surface area contributed by atoms with Crippen LogP contribution in [0.15, 0.2) is 42.6 Å². The summed E-state index contributed by atoms with van der Waals surface area (Å²) >= 11 is 6.15. The van der Waals surface area contributed by atoms with E-state index in [-0.39, 0.29) is 5.91 Å². The number of imidazole rings is 1. The lowest BCUT2D eigenvalue weighted by Gasteiger charge is -2.33. The monoisotopic (exact) mass is 468 g/mol. The first kappa shape index (κ1) is 23.6. The molecule has 1 aliphatic rings. The molecule has 0 atom stereocenters. The number of fused-ring (bicyclic) bond motifs is 1. The second kappa shape index (κ2) is 10.6. The van der Waals surface area contributed by atoms with Crippen molar-refractivity contribution in [3.05, 3.63) is 64.6 Å². The number of aryl methyl sites for hydroxylation is 1. The normalized spacial score (nSPS) is 14.9. The molecule has 1 fully saturated rings. The number of piperidine rings is 1. The Labute approximate surface area is 200 Å². The van der Waals surface area contributed by atoms with E-state index in [1.807, 2.05) is 13.0 Å². The summed E-state index contributed by atoms with van der Waals surface area (Å²) in [6.07, 6.45) is 5.04. The standard InChI is InChI=1S/C26H33ClN4O2/c1-4-23-25(31-16-21(27)7-10-24(31)29-23)26(32)28-15-19-5-8-22(9-6-19)30-13-11-20(12-14-30)17-33-18(2)3/h5-10,16,18,20H,4,11-15,17H2,1-3H3,(H,28,32). The molecule has 3 heterocycles. The number of benzene rings is 1. The van der Waals surface area contributed by atoms with Crippen molar-refractivity contribution < 1.29 is 9.53 Å². The number of aromatic nitrogens is 2. The molecule has 0 radical (unpaired) electrons. The summed E-state index contributed by atoms with van der Waals surface area (Å²) in [7, 11) is 0. The maximum Gasteiger partial charge on any atom is 0.270 e. The van der Waals surface area contributed by atoms with Gasteiger partial charge in [0.25, 0.3) is 5.91 Å². The topological polar surface area (TPSA) is 58.9 Å². The predicted octanol–water partition coefficient (Wildman–Crippen LogP) is 5.12. The van der Waals surface area contributed by atoms with Gasteiger partial charge in [-0.3, -0.25) is 9.20 Å². The largest absolute Gasteiger partial charge is 0.379 e. The number of ether oxygens (including phenoxy) is 1. The van der Waals surface area contributed by atoms with Gasteiger partial charge in [0.1, 0.15) is 11.3 Å². The van der Waals surface area contributed by atoms with Crippen LogP contribution in [0, 0.1) is 5.92 Å². The number of anilines is 1. The molecule has 2 aromatic heterocycles. The van der Waals surface area contributed by atoms with E-state index in [2.05, 4.69) is 53.3 Å². The number of nitrogens with zero attached hydrogens (tertiary/aromatic N) is 3. The molecule has 1 aliphatic heterocycles. The fraction of sp³-hybridized carbons (Fsp3) is 0.462. The second-order valence-corrected chi connectivity index (χ2v) is 9.43. The van der Waals surface area contributed by atoms with Crippen molar-refractivity contribution in [2.24, 2.45) is 5.92 Å². The minimum absolute atomic E-state index is 0.142. The van der Waals surface area contributed by atoms with Crippen LogP contribution in [0.1, 0.15) is 55.4 Å². The molecule has 1 aromatic carbocycles. The van der Waals surface area contributed by atoms with E-state index in [1.54, 1.807) is 16.7 Å². The Balaban J connectivity index is 1.34. The van der Waals surface area contributed by atoms with Crippen LogP contribution < -0.4 is 10.2 Å². The van der Waals surface area contributed by atoms with Crippen LogP contribution in [-0.2, 0) is 17.7 Å². The smallest absolute Gasteiger partial charge is 0.270 e. The van der Waals surface area contributed by atoms with Crippen molar-refractivity contribution in [2.75, 3.05) is 24.6 Å². The Morgan fingerprint density at radius 3 is 2.58 bits per heavy atom. The van der Waals surface area contributed by atoms with Crippen molar-refractivity contribution in [2.45, 2.75) is 52.7 Å². The Bertz CT molecular complexity index is 1090. The summed E-state index contributed by atoms with van der Waals surface area (Å²) in [5, 5.41) is 3.62. The number of rotatable bonds is 8. The molecule has 7 heteroatoms. The maximum absolute atomic E-state index is 13.0. The molecule has 0 unspecified atom stereocenters. The van der Waals surface area contributed by atoms with Crippen molar-refractivity contribution >= 4 is 28.8 Å². The average molecular weight is 469 g/mol. The third kappa shape index (κ3) is 5.68. The van der Waals surface area contributed by atoms with Crippen LogP contribution in [0.4, 0.5) is 5.69 Å². The number of hydrogen-bond donors (Lipinski definition) is 1. The molecular formula is C26H33ClN4O2. The average Bonchev–Trinajstić information content (AvgIpc) is 3.19. The number of nitrogens with one attached hydrogen (secondary N) is 1. The molecule has 33 heavy (non-hydrogen) atoms. The van der Waals surface area contributed by atoms with Crippen LogP contribution in [0.5, 0.6) is 0 Å². The van der Waals surface area contributed by atoms with E-state index in [1.165, 1.54) is 5.69 Å². The third-order valence-corrected chi connectivity index (χ3v) is 6.46. The summed E-state index contributed by atoms with van der Waals surface area (Å²) in [5.74, 6) is 0.511. The summed E-state index contributed by atoms with van der Waals surface area (Å²) in [4.78, 5) is 20.0. The number of pyridine rings is 1. The fourth-order valence-corrected chi connectivity index (χ4v) is 4.49. The van der Waals surface area contributed by atoms with Gasteiger partial charge >= 0.3 is 0 Å². The third-order valence-electron chi connectivity index (χ3n) is 6.24. The SMILES string of the molecule is CCc1nc2ccc(Cl)cn2c1C(=O)NCc1ccc(N2CCC(COC(C)C)CC2)cc1.